The minimum absolute atomic E-state index is 0.0834. The van der Waals surface area contributed by atoms with Gasteiger partial charge in [0.25, 0.3) is 5.91 Å². The van der Waals surface area contributed by atoms with Crippen molar-refractivity contribution >= 4 is 40.1 Å². The average molecular weight is 447 g/mol. The summed E-state index contributed by atoms with van der Waals surface area (Å²) in [4.78, 5) is 30.0. The molecule has 0 aliphatic carbocycles. The molecule has 0 spiro atoms. The molecule has 0 atom stereocenters. The second-order valence-electron chi connectivity index (χ2n) is 7.59. The molecule has 0 saturated heterocycles. The minimum Gasteiger partial charge on any atom is -0.345 e. The van der Waals surface area contributed by atoms with E-state index in [1.165, 1.54) is 0 Å². The monoisotopic (exact) mass is 446 g/mol. The standard InChI is InChI=1S/C25H23ClN4O2/c1-16-6-5-8-20(17(16)2)29-24(31)15-30-22-9-4-3-7-21(22)28-23(30)14-27-25(32)18-10-12-19(26)13-11-18/h3-13H,14-15H2,1-2H3,(H,27,32)(H,29,31). The van der Waals surface area contributed by atoms with Gasteiger partial charge in [0.1, 0.15) is 12.4 Å². The van der Waals surface area contributed by atoms with Crippen LogP contribution < -0.4 is 10.6 Å². The van der Waals surface area contributed by atoms with Crippen LogP contribution in [0, 0.1) is 13.8 Å². The number of anilines is 1. The fraction of sp³-hybridized carbons (Fsp3) is 0.160. The van der Waals surface area contributed by atoms with Gasteiger partial charge in [-0.1, -0.05) is 35.9 Å². The maximum Gasteiger partial charge on any atom is 0.251 e. The van der Waals surface area contributed by atoms with Crippen molar-refractivity contribution in [2.24, 2.45) is 0 Å². The first-order valence-electron chi connectivity index (χ1n) is 10.3. The van der Waals surface area contributed by atoms with Gasteiger partial charge in [-0.25, -0.2) is 4.98 Å². The Morgan fingerprint density at radius 1 is 0.969 bits per heavy atom. The molecule has 0 aliphatic heterocycles. The van der Waals surface area contributed by atoms with Crippen LogP contribution in [-0.4, -0.2) is 21.4 Å². The number of aromatic nitrogens is 2. The zero-order chi connectivity index (χ0) is 22.7. The molecule has 6 nitrogen and oxygen atoms in total. The second-order valence-corrected chi connectivity index (χ2v) is 8.02. The third-order valence-corrected chi connectivity index (χ3v) is 5.68. The normalized spacial score (nSPS) is 10.8. The zero-order valence-corrected chi connectivity index (χ0v) is 18.6. The average Bonchev–Trinajstić information content (AvgIpc) is 3.13. The van der Waals surface area contributed by atoms with Crippen molar-refractivity contribution < 1.29 is 9.59 Å². The Hall–Kier alpha value is -3.64. The third-order valence-electron chi connectivity index (χ3n) is 5.43. The molecule has 2 N–H and O–H groups in total. The SMILES string of the molecule is Cc1cccc(NC(=O)Cn2c(CNC(=O)c3ccc(Cl)cc3)nc3ccccc32)c1C. The summed E-state index contributed by atoms with van der Waals surface area (Å²) in [6.45, 7) is 4.26. The smallest absolute Gasteiger partial charge is 0.251 e. The Labute approximate surface area is 191 Å². The molecular weight excluding hydrogens is 424 g/mol. The molecule has 4 rings (SSSR count). The summed E-state index contributed by atoms with van der Waals surface area (Å²) in [5.74, 6) is 0.205. The number of nitrogens with one attached hydrogen (secondary N) is 2. The van der Waals surface area contributed by atoms with Crippen molar-refractivity contribution in [1.29, 1.82) is 0 Å². The van der Waals surface area contributed by atoms with Gasteiger partial charge in [0, 0.05) is 16.3 Å². The van der Waals surface area contributed by atoms with Crippen molar-refractivity contribution in [1.82, 2.24) is 14.9 Å². The number of hydrogen-bond donors (Lipinski definition) is 2. The number of para-hydroxylation sites is 2. The fourth-order valence-electron chi connectivity index (χ4n) is 3.52. The van der Waals surface area contributed by atoms with Crippen LogP contribution in [0.4, 0.5) is 5.69 Å². The Kier molecular flexibility index (Phi) is 6.23. The van der Waals surface area contributed by atoms with Crippen LogP contribution in [0.5, 0.6) is 0 Å². The number of hydrogen-bond acceptors (Lipinski definition) is 3. The third kappa shape index (κ3) is 4.65. The molecule has 1 aromatic heterocycles. The topological polar surface area (TPSA) is 76.0 Å². The van der Waals surface area contributed by atoms with E-state index in [2.05, 4.69) is 15.6 Å². The summed E-state index contributed by atoms with van der Waals surface area (Å²) in [5, 5.41) is 6.44. The first-order valence-corrected chi connectivity index (χ1v) is 10.6. The zero-order valence-electron chi connectivity index (χ0n) is 17.9. The van der Waals surface area contributed by atoms with Crippen LogP contribution in [0.1, 0.15) is 27.3 Å². The van der Waals surface area contributed by atoms with E-state index in [9.17, 15) is 9.59 Å². The molecule has 162 valence electrons. The number of aryl methyl sites for hydroxylation is 1. The Morgan fingerprint density at radius 3 is 2.50 bits per heavy atom. The quantitative estimate of drug-likeness (QED) is 0.443. The molecular formula is C25H23ClN4O2. The van der Waals surface area contributed by atoms with E-state index in [0.29, 0.717) is 16.4 Å². The molecule has 7 heteroatoms. The summed E-state index contributed by atoms with van der Waals surface area (Å²) in [6.07, 6.45) is 0. The Bertz CT molecular complexity index is 1300. The maximum absolute atomic E-state index is 12.9. The van der Waals surface area contributed by atoms with E-state index >= 15 is 0 Å². The molecule has 32 heavy (non-hydrogen) atoms. The molecule has 0 aliphatic rings. The van der Waals surface area contributed by atoms with Crippen LogP contribution in [0.3, 0.4) is 0 Å². The number of carbonyl (C=O) groups excluding carboxylic acids is 2. The Balaban J connectivity index is 1.54. The molecule has 1 heterocycles. The lowest BCUT2D eigenvalue weighted by atomic mass is 10.1. The minimum atomic E-state index is -0.236. The number of rotatable bonds is 6. The molecule has 4 aromatic rings. The van der Waals surface area contributed by atoms with Gasteiger partial charge in [0.05, 0.1) is 17.6 Å². The summed E-state index contributed by atoms with van der Waals surface area (Å²) >= 11 is 5.90. The van der Waals surface area contributed by atoms with Gasteiger partial charge in [-0.3, -0.25) is 9.59 Å². The summed E-state index contributed by atoms with van der Waals surface area (Å²) in [6, 6.07) is 20.1. The number of imidazole rings is 1. The summed E-state index contributed by atoms with van der Waals surface area (Å²) < 4.78 is 1.83. The number of nitrogens with zero attached hydrogens (tertiary/aromatic N) is 2. The van der Waals surface area contributed by atoms with Crippen LogP contribution in [-0.2, 0) is 17.9 Å². The van der Waals surface area contributed by atoms with Gasteiger partial charge in [-0.15, -0.1) is 0 Å². The van der Waals surface area contributed by atoms with Gasteiger partial charge in [0.2, 0.25) is 5.91 Å². The molecule has 0 unspecified atom stereocenters. The van der Waals surface area contributed by atoms with Gasteiger partial charge >= 0.3 is 0 Å². The molecule has 0 radical (unpaired) electrons. The largest absolute Gasteiger partial charge is 0.345 e. The predicted molar refractivity (Wildman–Crippen MR) is 127 cm³/mol. The molecule has 2 amide bonds. The van der Waals surface area contributed by atoms with Gasteiger partial charge in [-0.2, -0.15) is 0 Å². The number of halogens is 1. The summed E-state index contributed by atoms with van der Waals surface area (Å²) in [5.41, 5.74) is 5.04. The van der Waals surface area contributed by atoms with Gasteiger partial charge < -0.3 is 15.2 Å². The van der Waals surface area contributed by atoms with Gasteiger partial charge in [-0.05, 0) is 67.4 Å². The van der Waals surface area contributed by atoms with E-state index in [1.807, 2.05) is 60.9 Å². The number of carbonyl (C=O) groups is 2. The lowest BCUT2D eigenvalue weighted by Crippen LogP contribution is -2.26. The highest BCUT2D eigenvalue weighted by molar-refractivity contribution is 6.30. The number of fused-ring (bicyclic) bond motifs is 1. The lowest BCUT2D eigenvalue weighted by Gasteiger charge is -2.13. The maximum atomic E-state index is 12.9. The molecule has 0 fully saturated rings. The van der Waals surface area contributed by atoms with Crippen molar-refractivity contribution in [2.75, 3.05) is 5.32 Å². The highest BCUT2D eigenvalue weighted by Crippen LogP contribution is 2.20. The second kappa shape index (κ2) is 9.24. The Morgan fingerprint density at radius 2 is 1.72 bits per heavy atom. The highest BCUT2D eigenvalue weighted by Gasteiger charge is 2.16. The number of amides is 2. The van der Waals surface area contributed by atoms with Crippen molar-refractivity contribution in [3.63, 3.8) is 0 Å². The molecule has 3 aromatic carbocycles. The highest BCUT2D eigenvalue weighted by atomic mass is 35.5. The lowest BCUT2D eigenvalue weighted by molar-refractivity contribution is -0.116. The summed E-state index contributed by atoms with van der Waals surface area (Å²) in [7, 11) is 0. The van der Waals surface area contributed by atoms with Crippen LogP contribution in [0.25, 0.3) is 11.0 Å². The van der Waals surface area contributed by atoms with Gasteiger partial charge in [0.15, 0.2) is 0 Å². The van der Waals surface area contributed by atoms with Crippen LogP contribution >= 0.6 is 11.6 Å². The van der Waals surface area contributed by atoms with Crippen molar-refractivity contribution in [3.8, 4) is 0 Å². The fourth-order valence-corrected chi connectivity index (χ4v) is 3.65. The van der Waals surface area contributed by atoms with E-state index < -0.39 is 0 Å². The van der Waals surface area contributed by atoms with Crippen LogP contribution in [0.2, 0.25) is 5.02 Å². The molecule has 0 bridgehead atoms. The molecule has 0 saturated carbocycles. The van der Waals surface area contributed by atoms with E-state index in [4.69, 9.17) is 11.6 Å². The first kappa shape index (κ1) is 21.6. The van der Waals surface area contributed by atoms with E-state index in [0.717, 1.165) is 27.8 Å². The number of benzene rings is 3. The predicted octanol–water partition coefficient (Wildman–Crippen LogP) is 4.88. The first-order chi connectivity index (χ1) is 15.4. The van der Waals surface area contributed by atoms with Crippen molar-refractivity contribution in [2.45, 2.75) is 26.9 Å². The van der Waals surface area contributed by atoms with E-state index in [-0.39, 0.29) is 24.9 Å². The van der Waals surface area contributed by atoms with Crippen LogP contribution in [0.15, 0.2) is 66.7 Å². The van der Waals surface area contributed by atoms with Crippen molar-refractivity contribution in [3.05, 3.63) is 94.3 Å². The van der Waals surface area contributed by atoms with E-state index in [1.54, 1.807) is 24.3 Å².